The summed E-state index contributed by atoms with van der Waals surface area (Å²) in [6, 6.07) is -0.949. The highest BCUT2D eigenvalue weighted by atomic mass is 31.2. The van der Waals surface area contributed by atoms with Gasteiger partial charge in [-0.2, -0.15) is 0 Å². The zero-order valence-electron chi connectivity index (χ0n) is 26.6. The quantitative estimate of drug-likeness (QED) is 0.0630. The van der Waals surface area contributed by atoms with E-state index in [9.17, 15) is 24.1 Å². The van der Waals surface area contributed by atoms with Crippen LogP contribution in [0.3, 0.4) is 0 Å². The molecule has 0 saturated heterocycles. The molecule has 0 heterocycles. The van der Waals surface area contributed by atoms with E-state index in [0.29, 0.717) is 0 Å². The van der Waals surface area contributed by atoms with E-state index in [1.165, 1.54) is 11.9 Å². The van der Waals surface area contributed by atoms with Crippen molar-refractivity contribution in [2.45, 2.75) is 127 Å². The summed E-state index contributed by atoms with van der Waals surface area (Å²) in [5, 5.41) is 9.95. The summed E-state index contributed by atoms with van der Waals surface area (Å²) < 4.78 is 49.7. The molecular formula is C30H52N3O11P. The number of carboxylic acids is 1. The van der Waals surface area contributed by atoms with Crippen molar-refractivity contribution in [3.05, 3.63) is 0 Å². The Hall–Kier alpha value is -2.57. The minimum atomic E-state index is -4.24. The van der Waals surface area contributed by atoms with Crippen molar-refractivity contribution >= 4 is 32.0 Å². The van der Waals surface area contributed by atoms with Crippen LogP contribution in [-0.2, 0) is 37.4 Å². The van der Waals surface area contributed by atoms with Crippen molar-refractivity contribution in [1.29, 1.82) is 0 Å². The molecule has 15 heteroatoms. The third-order valence-corrected chi connectivity index (χ3v) is 9.98. The number of carbonyl (C=O) groups is 3. The highest BCUT2D eigenvalue weighted by molar-refractivity contribution is 7.52. The van der Waals surface area contributed by atoms with Crippen LogP contribution in [0, 0.1) is 5.92 Å². The molecule has 1 unspecified atom stereocenters. The lowest BCUT2D eigenvalue weighted by atomic mass is 9.83. The molecule has 0 spiro atoms. The molecule has 3 aliphatic carbocycles. The Kier molecular flexibility index (Phi) is 16.3. The maximum absolute atomic E-state index is 13.7. The Bertz CT molecular complexity index is 950. The van der Waals surface area contributed by atoms with E-state index < -0.39 is 32.1 Å². The molecule has 0 aliphatic heterocycles. The van der Waals surface area contributed by atoms with Crippen molar-refractivity contribution < 1.29 is 52.1 Å². The first-order valence-electron chi connectivity index (χ1n) is 16.5. The van der Waals surface area contributed by atoms with Crippen LogP contribution in [0.4, 0.5) is 9.59 Å². The molecule has 0 aromatic rings. The molecule has 1 atom stereocenters. The van der Waals surface area contributed by atoms with Gasteiger partial charge in [-0.15, -0.1) is 4.76 Å². The number of rotatable bonds is 16. The zero-order chi connectivity index (χ0) is 32.5. The van der Waals surface area contributed by atoms with E-state index in [4.69, 9.17) is 33.7 Å². The van der Waals surface area contributed by atoms with Gasteiger partial charge in [0.25, 0.3) is 0 Å². The molecule has 0 amide bonds. The number of hydrogen-bond acceptors (Lipinski definition) is 10. The van der Waals surface area contributed by atoms with Gasteiger partial charge in [-0.05, 0) is 70.1 Å². The topological polar surface area (TPSA) is 186 Å². The Morgan fingerprint density at radius 1 is 0.756 bits per heavy atom. The number of nitrogens with two attached hydrogens (primary N) is 1. The van der Waals surface area contributed by atoms with Crippen LogP contribution in [-0.4, -0.2) is 86.0 Å². The number of aliphatic carboxylic acids is 1. The third kappa shape index (κ3) is 13.8. The normalized spacial score (nSPS) is 19.8. The Morgan fingerprint density at radius 2 is 1.18 bits per heavy atom. The van der Waals surface area contributed by atoms with Crippen molar-refractivity contribution in [3.8, 4) is 0 Å². The summed E-state index contributed by atoms with van der Waals surface area (Å²) in [4.78, 5) is 37.5. The highest BCUT2D eigenvalue weighted by Crippen LogP contribution is 2.50. The van der Waals surface area contributed by atoms with Crippen LogP contribution >= 0.6 is 7.75 Å². The Morgan fingerprint density at radius 3 is 1.60 bits per heavy atom. The molecule has 45 heavy (non-hydrogen) atoms. The van der Waals surface area contributed by atoms with E-state index >= 15 is 0 Å². The maximum Gasteiger partial charge on any atom is 0.508 e. The van der Waals surface area contributed by atoms with E-state index in [1.54, 1.807) is 0 Å². The summed E-state index contributed by atoms with van der Waals surface area (Å²) in [7, 11) is -2.75. The summed E-state index contributed by atoms with van der Waals surface area (Å²) in [6.45, 7) is -0.373. The van der Waals surface area contributed by atoms with Crippen LogP contribution in [0.15, 0.2) is 4.76 Å². The number of nitrogens with zero attached hydrogens (tertiary/aromatic N) is 2. The first-order chi connectivity index (χ1) is 21.7. The van der Waals surface area contributed by atoms with E-state index in [2.05, 4.69) is 4.76 Å². The van der Waals surface area contributed by atoms with Gasteiger partial charge in [-0.3, -0.25) is 9.05 Å². The zero-order valence-corrected chi connectivity index (χ0v) is 27.5. The minimum Gasteiger partial charge on any atom is -0.480 e. The number of guanidine groups is 1. The number of carboxylic acid groups (broad SMARTS) is 1. The Labute approximate surface area is 266 Å². The van der Waals surface area contributed by atoms with Crippen molar-refractivity contribution in [2.75, 3.05) is 33.5 Å². The smallest absolute Gasteiger partial charge is 0.480 e. The molecule has 0 bridgehead atoms. The fraction of sp³-hybridized carbons (Fsp3) is 0.867. The average molecular weight is 662 g/mol. The lowest BCUT2D eigenvalue weighted by molar-refractivity contribution is -0.143. The third-order valence-electron chi connectivity index (χ3n) is 8.51. The lowest BCUT2D eigenvalue weighted by Crippen LogP contribution is -2.50. The van der Waals surface area contributed by atoms with Crippen molar-refractivity contribution in [1.82, 2.24) is 4.90 Å². The second kappa shape index (κ2) is 19.8. The molecular weight excluding hydrogens is 609 g/mol. The fourth-order valence-electron chi connectivity index (χ4n) is 6.06. The van der Waals surface area contributed by atoms with Gasteiger partial charge in [-0.25, -0.2) is 18.9 Å². The van der Waals surface area contributed by atoms with Crippen LogP contribution in [0.1, 0.15) is 109 Å². The minimum absolute atomic E-state index is 0.0373. The lowest BCUT2D eigenvalue weighted by Gasteiger charge is -2.34. The van der Waals surface area contributed by atoms with Crippen LogP contribution in [0.5, 0.6) is 0 Å². The first-order valence-corrected chi connectivity index (χ1v) is 18.0. The molecule has 3 N–H and O–H groups in total. The number of carbonyl (C=O) groups excluding carboxylic acids is 2. The van der Waals surface area contributed by atoms with Gasteiger partial charge >= 0.3 is 26.0 Å². The average Bonchev–Trinajstić information content (AvgIpc) is 3.02. The molecule has 0 aromatic heterocycles. The van der Waals surface area contributed by atoms with Crippen molar-refractivity contribution in [2.24, 2.45) is 16.4 Å². The first kappa shape index (κ1) is 36.9. The summed E-state index contributed by atoms with van der Waals surface area (Å²) in [6.07, 6.45) is 12.6. The molecule has 0 radical (unpaired) electrons. The Balaban J connectivity index is 1.52. The predicted molar refractivity (Wildman–Crippen MR) is 165 cm³/mol. The van der Waals surface area contributed by atoms with Crippen LogP contribution in [0.2, 0.25) is 0 Å². The van der Waals surface area contributed by atoms with Gasteiger partial charge in [0.2, 0.25) is 5.96 Å². The van der Waals surface area contributed by atoms with Gasteiger partial charge in [0.15, 0.2) is 0 Å². The van der Waals surface area contributed by atoms with Gasteiger partial charge in [0.1, 0.15) is 18.2 Å². The number of ether oxygens (including phenoxy) is 4. The van der Waals surface area contributed by atoms with Crippen LogP contribution in [0.25, 0.3) is 0 Å². The standard InChI is InChI=1S/C30H52N3O11P/c1-33(26(27(34)35)23-13-5-2-6-14-23)28(31)32-45(38,41-21-11-19-39-29(36)43-24-15-7-3-8-16-24)42-22-12-20-40-30(37)44-25-17-9-4-10-18-25/h23-26H,2-22H2,1H3,(H,34,35)(H2,31,32,38). The number of likely N-dealkylation sites (N-methyl/N-ethyl adjacent to an activating group) is 1. The van der Waals surface area contributed by atoms with Gasteiger partial charge < -0.3 is 34.7 Å². The maximum atomic E-state index is 13.7. The molecule has 3 fully saturated rings. The molecule has 3 rings (SSSR count). The van der Waals surface area contributed by atoms with Gasteiger partial charge in [0.05, 0.1) is 26.4 Å². The monoisotopic (exact) mass is 661 g/mol. The largest absolute Gasteiger partial charge is 0.508 e. The van der Waals surface area contributed by atoms with Crippen LogP contribution < -0.4 is 5.73 Å². The second-order valence-electron chi connectivity index (χ2n) is 12.0. The summed E-state index contributed by atoms with van der Waals surface area (Å²) >= 11 is 0. The summed E-state index contributed by atoms with van der Waals surface area (Å²) in [5.41, 5.74) is 6.18. The second-order valence-corrected chi connectivity index (χ2v) is 13.7. The predicted octanol–water partition coefficient (Wildman–Crippen LogP) is 6.16. The highest BCUT2D eigenvalue weighted by Gasteiger charge is 2.35. The molecule has 258 valence electrons. The van der Waals surface area contributed by atoms with E-state index in [1.807, 2.05) is 0 Å². The molecule has 0 aromatic carbocycles. The number of hydrogen-bond donors (Lipinski definition) is 2. The fourth-order valence-corrected chi connectivity index (χ4v) is 7.36. The van der Waals surface area contributed by atoms with E-state index in [0.717, 1.165) is 96.3 Å². The SMILES string of the molecule is CN(C(N)=NP(=O)(OCCCOC(=O)OC1CCCCC1)OCCCOC(=O)OC1CCCCC1)C(C(=O)O)C1CCCCC1. The van der Waals surface area contributed by atoms with Crippen molar-refractivity contribution in [3.63, 3.8) is 0 Å². The van der Waals surface area contributed by atoms with Gasteiger partial charge in [0, 0.05) is 19.9 Å². The molecule has 14 nitrogen and oxygen atoms in total. The summed E-state index contributed by atoms with van der Waals surface area (Å²) in [5.74, 6) is -1.48. The van der Waals surface area contributed by atoms with E-state index in [-0.39, 0.29) is 63.4 Å². The van der Waals surface area contributed by atoms with Gasteiger partial charge in [-0.1, -0.05) is 32.1 Å². The molecule has 3 aliphatic rings. The molecule has 3 saturated carbocycles.